The van der Waals surface area contributed by atoms with Gasteiger partial charge in [-0.2, -0.15) is 0 Å². The lowest BCUT2D eigenvalue weighted by Crippen LogP contribution is -2.32. The highest BCUT2D eigenvalue weighted by Gasteiger charge is 2.07. The van der Waals surface area contributed by atoms with Gasteiger partial charge < -0.3 is 10.6 Å². The van der Waals surface area contributed by atoms with E-state index < -0.39 is 0 Å². The molecule has 3 aromatic heterocycles. The van der Waals surface area contributed by atoms with Crippen molar-refractivity contribution in [3.8, 4) is 5.82 Å². The normalized spacial score (nSPS) is 10.5. The lowest BCUT2D eigenvalue weighted by molar-refractivity contribution is 0.252. The van der Waals surface area contributed by atoms with E-state index in [0.717, 1.165) is 22.2 Å². The summed E-state index contributed by atoms with van der Waals surface area (Å²) in [5.41, 5.74) is 2.01. The van der Waals surface area contributed by atoms with Gasteiger partial charge in [0.15, 0.2) is 0 Å². The van der Waals surface area contributed by atoms with Gasteiger partial charge in [0.05, 0.1) is 10.7 Å². The fourth-order valence-electron chi connectivity index (χ4n) is 2.18. The van der Waals surface area contributed by atoms with E-state index in [-0.39, 0.29) is 6.03 Å². The number of anilines is 2. The summed E-state index contributed by atoms with van der Waals surface area (Å²) in [4.78, 5) is 24.5. The SMILES string of the molecule is Cc1ncn(-c2cc(NCCNC(=O)Nc3cccs3)ncn2)c1C. The van der Waals surface area contributed by atoms with Gasteiger partial charge >= 0.3 is 6.03 Å². The number of carbonyl (C=O) groups is 1. The van der Waals surface area contributed by atoms with Gasteiger partial charge in [0.25, 0.3) is 0 Å². The first-order valence-electron chi connectivity index (χ1n) is 7.78. The Kier molecular flexibility index (Phi) is 5.24. The molecule has 25 heavy (non-hydrogen) atoms. The van der Waals surface area contributed by atoms with Crippen LogP contribution in [0.3, 0.4) is 0 Å². The van der Waals surface area contributed by atoms with Crippen LogP contribution in [0.1, 0.15) is 11.4 Å². The van der Waals surface area contributed by atoms with Crippen LogP contribution in [0.2, 0.25) is 0 Å². The maximum absolute atomic E-state index is 11.7. The molecule has 3 rings (SSSR count). The predicted molar refractivity (Wildman–Crippen MR) is 98.5 cm³/mol. The first kappa shape index (κ1) is 16.9. The second kappa shape index (κ2) is 7.75. The third-order valence-electron chi connectivity index (χ3n) is 3.63. The molecule has 0 aromatic carbocycles. The number of imidazole rings is 1. The van der Waals surface area contributed by atoms with Crippen LogP contribution in [-0.4, -0.2) is 38.6 Å². The average Bonchev–Trinajstić information content (AvgIpc) is 3.23. The van der Waals surface area contributed by atoms with E-state index in [1.807, 2.05) is 42.0 Å². The van der Waals surface area contributed by atoms with E-state index in [1.165, 1.54) is 17.7 Å². The van der Waals surface area contributed by atoms with Crippen molar-refractivity contribution in [2.24, 2.45) is 0 Å². The number of aromatic nitrogens is 4. The third-order valence-corrected chi connectivity index (χ3v) is 4.41. The van der Waals surface area contributed by atoms with Gasteiger partial charge in [-0.25, -0.2) is 19.7 Å². The smallest absolute Gasteiger partial charge is 0.319 e. The van der Waals surface area contributed by atoms with E-state index in [0.29, 0.717) is 18.9 Å². The van der Waals surface area contributed by atoms with Crippen molar-refractivity contribution in [2.75, 3.05) is 23.7 Å². The summed E-state index contributed by atoms with van der Waals surface area (Å²) in [5.74, 6) is 1.44. The molecular formula is C16H19N7OS. The van der Waals surface area contributed by atoms with Gasteiger partial charge in [0.2, 0.25) is 0 Å². The molecule has 0 spiro atoms. The zero-order chi connectivity index (χ0) is 17.6. The minimum atomic E-state index is -0.225. The number of urea groups is 1. The second-order valence-corrected chi connectivity index (χ2v) is 6.28. The molecule has 3 N–H and O–H groups in total. The molecule has 0 fully saturated rings. The number of hydrogen-bond acceptors (Lipinski definition) is 6. The van der Waals surface area contributed by atoms with Crippen LogP contribution in [0.5, 0.6) is 0 Å². The Labute approximate surface area is 149 Å². The lowest BCUT2D eigenvalue weighted by Gasteiger charge is -2.09. The van der Waals surface area contributed by atoms with Crippen LogP contribution >= 0.6 is 11.3 Å². The van der Waals surface area contributed by atoms with Gasteiger partial charge in [-0.15, -0.1) is 11.3 Å². The summed E-state index contributed by atoms with van der Waals surface area (Å²) < 4.78 is 1.91. The molecule has 0 radical (unpaired) electrons. The Hall–Kier alpha value is -2.94. The highest BCUT2D eigenvalue weighted by molar-refractivity contribution is 7.14. The molecule has 0 unspecified atom stereocenters. The highest BCUT2D eigenvalue weighted by Crippen LogP contribution is 2.14. The van der Waals surface area contributed by atoms with Crippen LogP contribution in [0.25, 0.3) is 5.82 Å². The molecule has 0 saturated carbocycles. The summed E-state index contributed by atoms with van der Waals surface area (Å²) in [5, 5.41) is 11.4. The van der Waals surface area contributed by atoms with Crippen LogP contribution in [0, 0.1) is 13.8 Å². The van der Waals surface area contributed by atoms with Crippen molar-refractivity contribution < 1.29 is 4.79 Å². The van der Waals surface area contributed by atoms with Gasteiger partial charge in [-0.1, -0.05) is 0 Å². The summed E-state index contributed by atoms with van der Waals surface area (Å²) in [6.45, 7) is 4.97. The fourth-order valence-corrected chi connectivity index (χ4v) is 2.79. The van der Waals surface area contributed by atoms with E-state index in [2.05, 4.69) is 30.9 Å². The highest BCUT2D eigenvalue weighted by atomic mass is 32.1. The topological polar surface area (TPSA) is 96.8 Å². The number of thiophene rings is 1. The molecule has 0 atom stereocenters. The molecule has 3 aromatic rings. The maximum Gasteiger partial charge on any atom is 0.319 e. The van der Waals surface area contributed by atoms with Crippen LogP contribution in [-0.2, 0) is 0 Å². The maximum atomic E-state index is 11.7. The number of nitrogens with zero attached hydrogens (tertiary/aromatic N) is 4. The summed E-state index contributed by atoms with van der Waals surface area (Å²) in [7, 11) is 0. The predicted octanol–water partition coefficient (Wildman–Crippen LogP) is 2.57. The van der Waals surface area contributed by atoms with E-state index >= 15 is 0 Å². The number of amides is 2. The molecule has 130 valence electrons. The average molecular weight is 357 g/mol. The monoisotopic (exact) mass is 357 g/mol. The van der Waals surface area contributed by atoms with E-state index in [9.17, 15) is 4.79 Å². The standard InChI is InChI=1S/C16H19N7OS/c1-11-12(2)23(10-21-11)14-8-13(19-9-20-14)17-5-6-18-16(24)22-15-4-3-7-25-15/h3-4,7-10H,5-6H2,1-2H3,(H,17,19,20)(H2,18,22,24). The largest absolute Gasteiger partial charge is 0.368 e. The Bertz CT molecular complexity index is 844. The van der Waals surface area contributed by atoms with Crippen molar-refractivity contribution >= 4 is 28.2 Å². The minimum Gasteiger partial charge on any atom is -0.368 e. The molecule has 0 aliphatic rings. The van der Waals surface area contributed by atoms with E-state index in [4.69, 9.17) is 0 Å². The van der Waals surface area contributed by atoms with Crippen molar-refractivity contribution in [1.29, 1.82) is 0 Å². The Morgan fingerprint density at radius 2 is 2.12 bits per heavy atom. The number of nitrogens with one attached hydrogen (secondary N) is 3. The summed E-state index contributed by atoms with van der Waals surface area (Å²) in [6, 6.07) is 5.36. The Balaban J connectivity index is 1.49. The Morgan fingerprint density at radius 1 is 1.24 bits per heavy atom. The first-order chi connectivity index (χ1) is 12.1. The van der Waals surface area contributed by atoms with E-state index in [1.54, 1.807) is 6.33 Å². The Morgan fingerprint density at radius 3 is 2.84 bits per heavy atom. The molecule has 0 saturated heterocycles. The van der Waals surface area contributed by atoms with Gasteiger partial charge in [0, 0.05) is 24.8 Å². The summed E-state index contributed by atoms with van der Waals surface area (Å²) >= 11 is 1.48. The number of rotatable bonds is 6. The molecule has 0 aliphatic heterocycles. The van der Waals surface area contributed by atoms with Gasteiger partial charge in [-0.05, 0) is 31.4 Å². The van der Waals surface area contributed by atoms with Crippen molar-refractivity contribution in [3.05, 3.63) is 47.6 Å². The minimum absolute atomic E-state index is 0.225. The van der Waals surface area contributed by atoms with Crippen LogP contribution in [0.15, 0.2) is 36.2 Å². The fraction of sp³-hybridized carbons (Fsp3) is 0.250. The lowest BCUT2D eigenvalue weighted by atomic mass is 10.4. The van der Waals surface area contributed by atoms with Crippen molar-refractivity contribution in [2.45, 2.75) is 13.8 Å². The number of aryl methyl sites for hydroxylation is 1. The van der Waals surface area contributed by atoms with Crippen molar-refractivity contribution in [1.82, 2.24) is 24.8 Å². The molecule has 2 amide bonds. The first-order valence-corrected chi connectivity index (χ1v) is 8.66. The number of carbonyl (C=O) groups excluding carboxylic acids is 1. The summed E-state index contributed by atoms with van der Waals surface area (Å²) in [6.07, 6.45) is 3.25. The van der Waals surface area contributed by atoms with Crippen LogP contribution < -0.4 is 16.0 Å². The molecule has 3 heterocycles. The van der Waals surface area contributed by atoms with Crippen LogP contribution in [0.4, 0.5) is 15.6 Å². The molecular weight excluding hydrogens is 338 g/mol. The third kappa shape index (κ3) is 4.32. The molecule has 8 nitrogen and oxygen atoms in total. The number of hydrogen-bond donors (Lipinski definition) is 3. The van der Waals surface area contributed by atoms with Gasteiger partial charge in [-0.3, -0.25) is 9.88 Å². The molecule has 0 aliphatic carbocycles. The quantitative estimate of drug-likeness (QED) is 0.589. The zero-order valence-corrected chi connectivity index (χ0v) is 14.8. The van der Waals surface area contributed by atoms with Crippen molar-refractivity contribution in [3.63, 3.8) is 0 Å². The van der Waals surface area contributed by atoms with Gasteiger partial charge in [0.1, 0.15) is 24.3 Å². The molecule has 0 bridgehead atoms. The molecule has 9 heteroatoms. The second-order valence-electron chi connectivity index (χ2n) is 5.33. The zero-order valence-electron chi connectivity index (χ0n) is 14.0.